The lowest BCUT2D eigenvalue weighted by Gasteiger charge is -2.19. The molecule has 1 aromatic heterocycles. The number of esters is 1. The fraction of sp³-hybridized carbons (Fsp3) is 0.727. The molecule has 0 aliphatic rings. The van der Waals surface area contributed by atoms with E-state index in [9.17, 15) is 4.79 Å². The van der Waals surface area contributed by atoms with Gasteiger partial charge in [-0.25, -0.2) is 0 Å². The van der Waals surface area contributed by atoms with Crippen molar-refractivity contribution < 1.29 is 14.1 Å². The van der Waals surface area contributed by atoms with Crippen LogP contribution in [-0.4, -0.2) is 34.8 Å². The van der Waals surface area contributed by atoms with Crippen molar-refractivity contribution in [3.8, 4) is 0 Å². The Morgan fingerprint density at radius 2 is 2.24 bits per heavy atom. The molecular formula is C11H19N3O3. The van der Waals surface area contributed by atoms with Crippen LogP contribution < -0.4 is 5.32 Å². The summed E-state index contributed by atoms with van der Waals surface area (Å²) in [5.74, 6) is 0.401. The van der Waals surface area contributed by atoms with Crippen LogP contribution in [0.2, 0.25) is 0 Å². The van der Waals surface area contributed by atoms with E-state index in [1.807, 2.05) is 20.8 Å². The second kappa shape index (κ2) is 6.34. The van der Waals surface area contributed by atoms with E-state index in [0.717, 1.165) is 0 Å². The molecule has 1 rings (SSSR count). The number of hydrogen-bond donors (Lipinski definition) is 1. The fourth-order valence-corrected chi connectivity index (χ4v) is 1.21. The molecule has 0 amide bonds. The van der Waals surface area contributed by atoms with Gasteiger partial charge in [0.25, 0.3) is 0 Å². The van der Waals surface area contributed by atoms with Gasteiger partial charge in [0.15, 0.2) is 6.33 Å². The molecule has 0 bridgehead atoms. The minimum Gasteiger partial charge on any atom is -0.460 e. The van der Waals surface area contributed by atoms with Crippen LogP contribution in [0.15, 0.2) is 10.9 Å². The van der Waals surface area contributed by atoms with Gasteiger partial charge in [-0.1, -0.05) is 5.16 Å². The van der Waals surface area contributed by atoms with Crippen molar-refractivity contribution in [1.82, 2.24) is 15.5 Å². The largest absolute Gasteiger partial charge is 0.460 e. The molecule has 0 atom stereocenters. The molecule has 0 aliphatic heterocycles. The van der Waals surface area contributed by atoms with Crippen LogP contribution in [-0.2, 0) is 16.0 Å². The average Bonchev–Trinajstić information content (AvgIpc) is 2.67. The molecule has 1 N–H and O–H groups in total. The summed E-state index contributed by atoms with van der Waals surface area (Å²) in [6.07, 6.45) is 2.39. The first-order valence-electron chi connectivity index (χ1n) is 5.65. The van der Waals surface area contributed by atoms with E-state index < -0.39 is 5.60 Å². The third kappa shape index (κ3) is 6.68. The lowest BCUT2D eigenvalue weighted by Crippen LogP contribution is -2.27. The maximum absolute atomic E-state index is 11.3. The Morgan fingerprint density at radius 3 is 2.82 bits per heavy atom. The van der Waals surface area contributed by atoms with Gasteiger partial charge in [-0.2, -0.15) is 4.98 Å². The number of nitrogens with zero attached hydrogens (tertiary/aromatic N) is 2. The number of nitrogens with one attached hydrogen (secondary N) is 1. The predicted octanol–water partition coefficient (Wildman–Crippen LogP) is 0.933. The van der Waals surface area contributed by atoms with E-state index in [-0.39, 0.29) is 5.97 Å². The topological polar surface area (TPSA) is 77.2 Å². The minimum atomic E-state index is -0.416. The zero-order valence-corrected chi connectivity index (χ0v) is 10.5. The molecule has 0 spiro atoms. The molecule has 6 nitrogen and oxygen atoms in total. The summed E-state index contributed by atoms with van der Waals surface area (Å²) in [4.78, 5) is 15.2. The van der Waals surface area contributed by atoms with Crippen molar-refractivity contribution in [1.29, 1.82) is 0 Å². The van der Waals surface area contributed by atoms with Gasteiger partial charge in [-0.3, -0.25) is 4.79 Å². The Balaban J connectivity index is 2.02. The first-order chi connectivity index (χ1) is 7.97. The van der Waals surface area contributed by atoms with E-state index in [2.05, 4.69) is 15.5 Å². The van der Waals surface area contributed by atoms with E-state index in [0.29, 0.717) is 31.8 Å². The summed E-state index contributed by atoms with van der Waals surface area (Å²) in [6, 6.07) is 0. The molecule has 0 aliphatic carbocycles. The molecule has 1 aromatic rings. The highest BCUT2D eigenvalue weighted by Gasteiger charge is 2.15. The van der Waals surface area contributed by atoms with Crippen molar-refractivity contribution in [3.63, 3.8) is 0 Å². The normalized spacial score (nSPS) is 11.5. The van der Waals surface area contributed by atoms with Crippen molar-refractivity contribution in [3.05, 3.63) is 12.2 Å². The molecule has 17 heavy (non-hydrogen) atoms. The monoisotopic (exact) mass is 241 g/mol. The highest BCUT2D eigenvalue weighted by molar-refractivity contribution is 5.70. The number of rotatable bonds is 6. The van der Waals surface area contributed by atoms with Gasteiger partial charge in [0, 0.05) is 19.5 Å². The summed E-state index contributed by atoms with van der Waals surface area (Å²) in [5.41, 5.74) is -0.416. The fourth-order valence-electron chi connectivity index (χ4n) is 1.21. The molecule has 0 radical (unpaired) electrons. The van der Waals surface area contributed by atoms with Gasteiger partial charge >= 0.3 is 5.97 Å². The lowest BCUT2D eigenvalue weighted by atomic mass is 10.2. The maximum Gasteiger partial charge on any atom is 0.307 e. The van der Waals surface area contributed by atoms with Crippen molar-refractivity contribution >= 4 is 5.97 Å². The van der Waals surface area contributed by atoms with Crippen LogP contribution in [0.25, 0.3) is 0 Å². The van der Waals surface area contributed by atoms with Crippen LogP contribution in [0.5, 0.6) is 0 Å². The summed E-state index contributed by atoms with van der Waals surface area (Å²) >= 11 is 0. The van der Waals surface area contributed by atoms with E-state index in [4.69, 9.17) is 9.26 Å². The van der Waals surface area contributed by atoms with Crippen molar-refractivity contribution in [2.24, 2.45) is 0 Å². The second-order valence-corrected chi connectivity index (χ2v) is 4.67. The smallest absolute Gasteiger partial charge is 0.307 e. The van der Waals surface area contributed by atoms with Gasteiger partial charge in [0.05, 0.1) is 6.42 Å². The average molecular weight is 241 g/mol. The van der Waals surface area contributed by atoms with Gasteiger partial charge in [0.2, 0.25) is 5.89 Å². The second-order valence-electron chi connectivity index (χ2n) is 4.67. The number of carbonyl (C=O) groups excluding carboxylic acids is 1. The molecule has 0 unspecified atom stereocenters. The Kier molecular flexibility index (Phi) is 5.09. The van der Waals surface area contributed by atoms with Crippen LogP contribution in [0, 0.1) is 0 Å². The number of hydrogen-bond acceptors (Lipinski definition) is 6. The summed E-state index contributed by atoms with van der Waals surface area (Å²) in [7, 11) is 0. The Hall–Kier alpha value is -1.43. The zero-order chi connectivity index (χ0) is 12.7. The minimum absolute atomic E-state index is 0.192. The molecular weight excluding hydrogens is 222 g/mol. The Labute approximate surface area is 101 Å². The van der Waals surface area contributed by atoms with E-state index in [1.165, 1.54) is 6.33 Å². The summed E-state index contributed by atoms with van der Waals surface area (Å²) in [5, 5.41) is 6.61. The summed E-state index contributed by atoms with van der Waals surface area (Å²) in [6.45, 7) is 6.85. The number of ether oxygens (including phenoxy) is 1. The maximum atomic E-state index is 11.3. The third-order valence-corrected chi connectivity index (χ3v) is 1.85. The van der Waals surface area contributed by atoms with Crippen LogP contribution in [0.4, 0.5) is 0 Å². The molecule has 0 saturated heterocycles. The standard InChI is InChI=1S/C11H19N3O3/c1-11(2,3)16-10(15)5-7-12-6-4-9-13-8-14-17-9/h8,12H,4-7H2,1-3H3. The van der Waals surface area contributed by atoms with E-state index >= 15 is 0 Å². The van der Waals surface area contributed by atoms with Crippen LogP contribution in [0.1, 0.15) is 33.1 Å². The quantitative estimate of drug-likeness (QED) is 0.590. The van der Waals surface area contributed by atoms with Crippen molar-refractivity contribution in [2.45, 2.75) is 39.2 Å². The molecule has 1 heterocycles. The number of carbonyl (C=O) groups is 1. The van der Waals surface area contributed by atoms with E-state index in [1.54, 1.807) is 0 Å². The highest BCUT2D eigenvalue weighted by Crippen LogP contribution is 2.07. The summed E-state index contributed by atoms with van der Waals surface area (Å²) < 4.78 is 10.0. The first kappa shape index (κ1) is 13.6. The zero-order valence-electron chi connectivity index (χ0n) is 10.5. The third-order valence-electron chi connectivity index (χ3n) is 1.85. The molecule has 6 heteroatoms. The SMILES string of the molecule is CC(C)(C)OC(=O)CCNCCc1ncno1. The van der Waals surface area contributed by atoms with Crippen molar-refractivity contribution in [2.75, 3.05) is 13.1 Å². The van der Waals surface area contributed by atoms with Crippen LogP contribution in [0.3, 0.4) is 0 Å². The molecule has 0 fully saturated rings. The molecule has 0 saturated carbocycles. The van der Waals surface area contributed by atoms with Gasteiger partial charge < -0.3 is 14.6 Å². The Bertz CT molecular complexity index is 330. The Morgan fingerprint density at radius 1 is 1.47 bits per heavy atom. The predicted molar refractivity (Wildman–Crippen MR) is 61.3 cm³/mol. The van der Waals surface area contributed by atoms with Gasteiger partial charge in [-0.15, -0.1) is 0 Å². The highest BCUT2D eigenvalue weighted by atomic mass is 16.6. The van der Waals surface area contributed by atoms with Gasteiger partial charge in [0.1, 0.15) is 5.60 Å². The molecule has 0 aromatic carbocycles. The number of aromatic nitrogens is 2. The van der Waals surface area contributed by atoms with Gasteiger partial charge in [-0.05, 0) is 20.8 Å². The molecule has 96 valence electrons. The lowest BCUT2D eigenvalue weighted by molar-refractivity contribution is -0.154. The van der Waals surface area contributed by atoms with Crippen LogP contribution >= 0.6 is 0 Å². The first-order valence-corrected chi connectivity index (χ1v) is 5.65.